The van der Waals surface area contributed by atoms with Crippen molar-refractivity contribution in [2.45, 2.75) is 0 Å². The van der Waals surface area contributed by atoms with Crippen LogP contribution in [-0.2, 0) is 0 Å². The summed E-state index contributed by atoms with van der Waals surface area (Å²) in [7, 11) is 0. The van der Waals surface area contributed by atoms with Gasteiger partial charge >= 0.3 is 0 Å². The number of hydrogen-bond donors (Lipinski definition) is 0. The number of pyridine rings is 4. The zero-order valence-electron chi connectivity index (χ0n) is 20.1. The van der Waals surface area contributed by atoms with Crippen LogP contribution in [0.25, 0.3) is 67.6 Å². The fourth-order valence-corrected chi connectivity index (χ4v) is 4.37. The Morgan fingerprint density at radius 2 is 0.816 bits per heavy atom. The number of nitrogens with zero attached hydrogens (tertiary/aromatic N) is 7. The van der Waals surface area contributed by atoms with Gasteiger partial charge in [-0.2, -0.15) is 0 Å². The van der Waals surface area contributed by atoms with E-state index in [2.05, 4.69) is 45.3 Å². The third kappa shape index (κ3) is 4.02. The van der Waals surface area contributed by atoms with Crippen molar-refractivity contribution in [2.24, 2.45) is 0 Å². The van der Waals surface area contributed by atoms with Gasteiger partial charge in [-0.25, -0.2) is 24.9 Å². The Morgan fingerprint density at radius 1 is 0.342 bits per heavy atom. The van der Waals surface area contributed by atoms with Crippen LogP contribution < -0.4 is 0 Å². The second kappa shape index (κ2) is 9.22. The predicted octanol–water partition coefficient (Wildman–Crippen LogP) is 6.43. The molecular weight excluding hydrogens is 470 g/mol. The molecule has 7 rings (SSSR count). The predicted molar refractivity (Wildman–Crippen MR) is 148 cm³/mol. The molecule has 0 N–H and O–H groups in total. The normalized spacial score (nSPS) is 11.2. The molecule has 0 aliphatic heterocycles. The molecule has 7 heteroatoms. The molecule has 0 aliphatic carbocycles. The average Bonchev–Trinajstić information content (AvgIpc) is 3.01. The van der Waals surface area contributed by atoms with E-state index in [9.17, 15) is 0 Å². The summed E-state index contributed by atoms with van der Waals surface area (Å²) in [5.74, 6) is 1.36. The van der Waals surface area contributed by atoms with Crippen LogP contribution in [0.3, 0.4) is 0 Å². The Hall–Kier alpha value is -5.43. The molecule has 7 nitrogen and oxygen atoms in total. The van der Waals surface area contributed by atoms with Gasteiger partial charge in [0.05, 0.1) is 16.7 Å². The van der Waals surface area contributed by atoms with E-state index < -0.39 is 0 Å². The summed E-state index contributed by atoms with van der Waals surface area (Å²) in [6, 6.07) is 33.6. The molecule has 0 atom stereocenters. The van der Waals surface area contributed by atoms with Crippen LogP contribution in [0.4, 0.5) is 0 Å². The van der Waals surface area contributed by atoms with Crippen LogP contribution in [0.15, 0.2) is 116 Å². The van der Waals surface area contributed by atoms with Gasteiger partial charge in [0.15, 0.2) is 17.5 Å². The molecule has 0 spiro atoms. The first-order chi connectivity index (χ1) is 18.8. The van der Waals surface area contributed by atoms with E-state index in [0.29, 0.717) is 34.6 Å². The van der Waals surface area contributed by atoms with Crippen LogP contribution >= 0.6 is 0 Å². The second-order valence-corrected chi connectivity index (χ2v) is 8.70. The molecule has 0 saturated carbocycles. The smallest absolute Gasteiger partial charge is 0.182 e. The summed E-state index contributed by atoms with van der Waals surface area (Å²) in [6.45, 7) is 0. The van der Waals surface area contributed by atoms with Gasteiger partial charge in [0.2, 0.25) is 0 Å². The van der Waals surface area contributed by atoms with Crippen molar-refractivity contribution in [3.05, 3.63) is 116 Å². The van der Waals surface area contributed by atoms with Crippen molar-refractivity contribution in [2.75, 3.05) is 0 Å². The summed E-state index contributed by atoms with van der Waals surface area (Å²) in [4.78, 5) is 33.1. The Bertz CT molecular complexity index is 1850. The quantitative estimate of drug-likeness (QED) is 0.263. The largest absolute Gasteiger partial charge is 0.253 e. The minimum atomic E-state index is 0.444. The third-order valence-electron chi connectivity index (χ3n) is 6.24. The maximum absolute atomic E-state index is 5.02. The zero-order chi connectivity index (χ0) is 25.3. The van der Waals surface area contributed by atoms with Gasteiger partial charge in [0, 0.05) is 28.7 Å². The molecule has 178 valence electrons. The summed E-state index contributed by atoms with van der Waals surface area (Å²) in [5, 5.41) is 2.00. The van der Waals surface area contributed by atoms with Gasteiger partial charge in [0.25, 0.3) is 0 Å². The van der Waals surface area contributed by atoms with Gasteiger partial charge in [-0.15, -0.1) is 0 Å². The van der Waals surface area contributed by atoms with E-state index in [-0.39, 0.29) is 0 Å². The first-order valence-corrected chi connectivity index (χ1v) is 12.2. The first-order valence-electron chi connectivity index (χ1n) is 12.2. The van der Waals surface area contributed by atoms with Crippen molar-refractivity contribution < 1.29 is 0 Å². The molecule has 0 unspecified atom stereocenters. The number of rotatable bonds is 4. The van der Waals surface area contributed by atoms with Crippen molar-refractivity contribution in [1.82, 2.24) is 34.9 Å². The minimum absolute atomic E-state index is 0.444. The molecule has 0 saturated heterocycles. The van der Waals surface area contributed by atoms with E-state index in [1.54, 1.807) is 12.4 Å². The van der Waals surface area contributed by atoms with E-state index in [4.69, 9.17) is 19.9 Å². The molecule has 0 fully saturated rings. The Labute approximate surface area is 218 Å². The number of aromatic nitrogens is 7. The van der Waals surface area contributed by atoms with Crippen LogP contribution in [0.5, 0.6) is 0 Å². The third-order valence-corrected chi connectivity index (χ3v) is 6.24. The highest BCUT2D eigenvalue weighted by Crippen LogP contribution is 2.29. The lowest BCUT2D eigenvalue weighted by Gasteiger charge is -2.09. The van der Waals surface area contributed by atoms with Crippen LogP contribution in [0.2, 0.25) is 0 Å². The van der Waals surface area contributed by atoms with Gasteiger partial charge in [-0.1, -0.05) is 66.7 Å². The molecule has 0 radical (unpaired) electrons. The van der Waals surface area contributed by atoms with Crippen LogP contribution in [0, 0.1) is 0 Å². The van der Waals surface area contributed by atoms with Crippen molar-refractivity contribution in [3.8, 4) is 45.8 Å². The molecule has 0 aliphatic rings. The Morgan fingerprint density at radius 3 is 1.37 bits per heavy atom. The lowest BCUT2D eigenvalue weighted by Crippen LogP contribution is -2.02. The lowest BCUT2D eigenvalue weighted by atomic mass is 10.1. The first kappa shape index (κ1) is 21.8. The summed E-state index contributed by atoms with van der Waals surface area (Å²) in [6.07, 6.45) is 3.44. The van der Waals surface area contributed by atoms with Gasteiger partial charge in [0.1, 0.15) is 17.1 Å². The maximum atomic E-state index is 5.02. The molecule has 5 heterocycles. The summed E-state index contributed by atoms with van der Waals surface area (Å²) in [5.41, 5.74) is 5.48. The molecule has 38 heavy (non-hydrogen) atoms. The van der Waals surface area contributed by atoms with Crippen LogP contribution in [0.1, 0.15) is 0 Å². The second-order valence-electron chi connectivity index (χ2n) is 8.70. The summed E-state index contributed by atoms with van der Waals surface area (Å²) < 4.78 is 0. The van der Waals surface area contributed by atoms with Crippen molar-refractivity contribution in [1.29, 1.82) is 0 Å². The van der Waals surface area contributed by atoms with Crippen molar-refractivity contribution >= 4 is 21.8 Å². The molecular formula is C31H19N7. The topological polar surface area (TPSA) is 90.2 Å². The van der Waals surface area contributed by atoms with Gasteiger partial charge < -0.3 is 0 Å². The highest BCUT2D eigenvalue weighted by molar-refractivity contribution is 6.04. The Balaban J connectivity index is 1.43. The van der Waals surface area contributed by atoms with Gasteiger partial charge in [-0.05, 0) is 36.4 Å². The highest BCUT2D eigenvalue weighted by Gasteiger charge is 2.15. The van der Waals surface area contributed by atoms with Crippen LogP contribution in [-0.4, -0.2) is 34.9 Å². The van der Waals surface area contributed by atoms with E-state index in [1.807, 2.05) is 72.8 Å². The maximum Gasteiger partial charge on any atom is 0.182 e. The molecule has 0 amide bonds. The minimum Gasteiger partial charge on any atom is -0.253 e. The van der Waals surface area contributed by atoms with E-state index >= 15 is 0 Å². The SMILES string of the molecule is c1ccc(-c2ccc3ccc4ccc(-c5nc(-c6ccccn6)nc(-c6ccccn6)n5)nc4c3n2)cc1. The molecule has 7 aromatic rings. The number of fused-ring (bicyclic) bond motifs is 3. The van der Waals surface area contributed by atoms with E-state index in [0.717, 1.165) is 33.1 Å². The molecule has 2 aromatic carbocycles. The molecule has 0 bridgehead atoms. The number of hydrogen-bond acceptors (Lipinski definition) is 7. The van der Waals surface area contributed by atoms with Gasteiger partial charge in [-0.3, -0.25) is 9.97 Å². The monoisotopic (exact) mass is 489 g/mol. The fraction of sp³-hybridized carbons (Fsp3) is 0. The number of benzene rings is 2. The standard InChI is InChI=1S/C31H19N7/c1-2-8-20(9-3-1)23-16-14-21-12-13-22-15-17-26(35-28(22)27(21)34-23)31-37-29(24-10-4-6-18-32-24)36-30(38-31)25-11-5-7-19-33-25/h1-19H. The van der Waals surface area contributed by atoms with Crippen molar-refractivity contribution in [3.63, 3.8) is 0 Å². The molecule has 5 aromatic heterocycles. The van der Waals surface area contributed by atoms with E-state index in [1.165, 1.54) is 0 Å². The Kier molecular flexibility index (Phi) is 5.29. The fourth-order valence-electron chi connectivity index (χ4n) is 4.37. The highest BCUT2D eigenvalue weighted by atomic mass is 15.1. The average molecular weight is 490 g/mol. The zero-order valence-corrected chi connectivity index (χ0v) is 20.1. The lowest BCUT2D eigenvalue weighted by molar-refractivity contribution is 1.04. The summed E-state index contributed by atoms with van der Waals surface area (Å²) >= 11 is 0.